The molecule has 0 spiro atoms. The number of ketones is 1. The van der Waals surface area contributed by atoms with Crippen molar-refractivity contribution in [3.05, 3.63) is 69.9 Å². The van der Waals surface area contributed by atoms with Crippen LogP contribution in [0, 0.1) is 0 Å². The van der Waals surface area contributed by atoms with Gasteiger partial charge in [0.2, 0.25) is 0 Å². The zero-order valence-electron chi connectivity index (χ0n) is 9.76. The molecule has 0 bridgehead atoms. The van der Waals surface area contributed by atoms with Gasteiger partial charge in [-0.1, -0.05) is 27.5 Å². The molecule has 1 heterocycles. The summed E-state index contributed by atoms with van der Waals surface area (Å²) in [6.07, 6.45) is 6.74. The minimum atomic E-state index is -0.0463. The molecule has 5 heteroatoms. The molecule has 2 rings (SSSR count). The fourth-order valence-electron chi connectivity index (χ4n) is 1.42. The highest BCUT2D eigenvalue weighted by Gasteiger charge is 2.03. The Morgan fingerprint density at radius 3 is 2.53 bits per heavy atom. The summed E-state index contributed by atoms with van der Waals surface area (Å²) in [4.78, 5) is 11.9. The van der Waals surface area contributed by atoms with Gasteiger partial charge in [-0.3, -0.25) is 4.79 Å². The third-order valence-corrected chi connectivity index (χ3v) is 3.07. The number of hydrogen-bond donors (Lipinski definition) is 0. The summed E-state index contributed by atoms with van der Waals surface area (Å²) in [6.45, 7) is 0. The van der Waals surface area contributed by atoms with Crippen molar-refractivity contribution in [2.75, 3.05) is 0 Å². The number of carbonyl (C=O) groups excluding carboxylic acids is 1. The summed E-state index contributed by atoms with van der Waals surface area (Å²) in [5, 5.41) is 0.623. The average Bonchev–Trinajstić information content (AvgIpc) is 2.37. The van der Waals surface area contributed by atoms with Gasteiger partial charge in [0.15, 0.2) is 24.4 Å². The van der Waals surface area contributed by atoms with Crippen LogP contribution in [0.2, 0.25) is 5.02 Å². The van der Waals surface area contributed by atoms with Crippen LogP contribution in [0.5, 0.6) is 0 Å². The van der Waals surface area contributed by atoms with Crippen molar-refractivity contribution < 1.29 is 21.8 Å². The molecule has 1 aromatic carbocycles. The van der Waals surface area contributed by atoms with E-state index in [1.54, 1.807) is 35.2 Å². The Morgan fingerprint density at radius 2 is 1.89 bits per heavy atom. The van der Waals surface area contributed by atoms with Crippen LogP contribution in [0.1, 0.15) is 10.4 Å². The molecular formula is C14H10BrCl2NO. The molecule has 0 atom stereocenters. The minimum absolute atomic E-state index is 0. The summed E-state index contributed by atoms with van der Waals surface area (Å²) in [7, 11) is 0. The molecule has 0 N–H and O–H groups in total. The molecule has 0 aliphatic heterocycles. The summed E-state index contributed by atoms with van der Waals surface area (Å²) in [5.41, 5.74) is 0.650. The lowest BCUT2D eigenvalue weighted by molar-refractivity contribution is -0.568. The molecule has 1 aromatic heterocycles. The van der Waals surface area contributed by atoms with Gasteiger partial charge in [0.1, 0.15) is 5.02 Å². The zero-order chi connectivity index (χ0) is 13.0. The lowest BCUT2D eigenvalue weighted by atomic mass is 10.1. The number of carbonyl (C=O) groups is 1. The van der Waals surface area contributed by atoms with Crippen LogP contribution in [0.3, 0.4) is 0 Å². The first kappa shape index (κ1) is 15.9. The molecule has 0 amide bonds. The smallest absolute Gasteiger partial charge is 0.193 e. The highest BCUT2D eigenvalue weighted by atomic mass is 79.9. The van der Waals surface area contributed by atoms with Crippen molar-refractivity contribution in [1.82, 2.24) is 0 Å². The topological polar surface area (TPSA) is 20.9 Å². The third-order valence-electron chi connectivity index (χ3n) is 2.31. The average molecular weight is 359 g/mol. The monoisotopic (exact) mass is 357 g/mol. The maximum atomic E-state index is 11.9. The van der Waals surface area contributed by atoms with Gasteiger partial charge in [0.05, 0.1) is 6.08 Å². The van der Waals surface area contributed by atoms with Gasteiger partial charge in [-0.25, -0.2) is 0 Å². The number of allylic oxidation sites excluding steroid dienone is 1. The van der Waals surface area contributed by atoms with E-state index in [1.165, 1.54) is 6.08 Å². The van der Waals surface area contributed by atoms with Crippen LogP contribution in [-0.4, -0.2) is 5.78 Å². The molecule has 0 radical (unpaired) electrons. The Kier molecular flexibility index (Phi) is 6.22. The minimum Gasteiger partial charge on any atom is -1.00 e. The summed E-state index contributed by atoms with van der Waals surface area (Å²) < 4.78 is 2.69. The van der Waals surface area contributed by atoms with Gasteiger partial charge in [0, 0.05) is 16.1 Å². The van der Waals surface area contributed by atoms with E-state index in [0.29, 0.717) is 10.6 Å². The van der Waals surface area contributed by atoms with Crippen molar-refractivity contribution >= 4 is 39.5 Å². The Labute approximate surface area is 131 Å². The maximum absolute atomic E-state index is 11.9. The quantitative estimate of drug-likeness (QED) is 0.450. The number of nitrogens with zero attached hydrogens (tertiary/aromatic N) is 1. The standard InChI is InChI=1S/C14H10BrClNO.ClH/c15-12-5-3-11(4-6-12)14(18)7-9-17-8-1-2-13(16)10-17;/h1-10H;1H/q+1;/p-1. The van der Waals surface area contributed by atoms with Crippen molar-refractivity contribution in [3.63, 3.8) is 0 Å². The Morgan fingerprint density at radius 1 is 1.21 bits per heavy atom. The maximum Gasteiger partial charge on any atom is 0.193 e. The van der Waals surface area contributed by atoms with Crippen molar-refractivity contribution in [3.8, 4) is 0 Å². The predicted molar refractivity (Wildman–Crippen MR) is 75.4 cm³/mol. The van der Waals surface area contributed by atoms with Crippen LogP contribution < -0.4 is 17.0 Å². The highest BCUT2D eigenvalue weighted by Crippen LogP contribution is 2.11. The zero-order valence-corrected chi connectivity index (χ0v) is 12.9. The van der Waals surface area contributed by atoms with Crippen LogP contribution >= 0.6 is 27.5 Å². The normalized spacial score (nSPS) is 10.2. The molecule has 0 aliphatic rings. The molecule has 19 heavy (non-hydrogen) atoms. The molecule has 2 nitrogen and oxygen atoms in total. The molecular weight excluding hydrogens is 349 g/mol. The molecule has 0 fully saturated rings. The van der Waals surface area contributed by atoms with Gasteiger partial charge in [0.25, 0.3) is 0 Å². The fraction of sp³-hybridized carbons (Fsp3) is 0. The lowest BCUT2D eigenvalue weighted by Gasteiger charge is -1.94. The summed E-state index contributed by atoms with van der Waals surface area (Å²) in [6, 6.07) is 10.8. The van der Waals surface area contributed by atoms with Crippen LogP contribution in [0.4, 0.5) is 0 Å². The molecule has 2 aromatic rings. The van der Waals surface area contributed by atoms with Gasteiger partial charge in [-0.05, 0) is 30.3 Å². The van der Waals surface area contributed by atoms with E-state index in [-0.39, 0.29) is 18.2 Å². The molecule has 0 unspecified atom stereocenters. The largest absolute Gasteiger partial charge is 1.00 e. The SMILES string of the molecule is O=C(C=C[n+]1cccc(Cl)c1)c1ccc(Br)cc1.[Cl-]. The molecule has 0 aliphatic carbocycles. The van der Waals surface area contributed by atoms with E-state index in [4.69, 9.17) is 11.6 Å². The van der Waals surface area contributed by atoms with Crippen molar-refractivity contribution in [2.45, 2.75) is 0 Å². The first-order valence-corrected chi connectivity index (χ1v) is 6.47. The van der Waals surface area contributed by atoms with Gasteiger partial charge >= 0.3 is 0 Å². The first-order valence-electron chi connectivity index (χ1n) is 5.29. The highest BCUT2D eigenvalue weighted by molar-refractivity contribution is 9.10. The fourth-order valence-corrected chi connectivity index (χ4v) is 1.87. The van der Waals surface area contributed by atoms with Crippen LogP contribution in [0.25, 0.3) is 6.20 Å². The van der Waals surface area contributed by atoms with Gasteiger partial charge in [-0.15, -0.1) is 0 Å². The van der Waals surface area contributed by atoms with E-state index in [1.807, 2.05) is 24.4 Å². The lowest BCUT2D eigenvalue weighted by Crippen LogP contribution is -3.00. The predicted octanol–water partition coefficient (Wildman–Crippen LogP) is 0.748. The number of halogens is 3. The number of rotatable bonds is 3. The first-order chi connectivity index (χ1) is 8.65. The van der Waals surface area contributed by atoms with E-state index in [2.05, 4.69) is 15.9 Å². The van der Waals surface area contributed by atoms with Crippen LogP contribution in [-0.2, 0) is 0 Å². The van der Waals surface area contributed by atoms with E-state index in [0.717, 1.165) is 4.47 Å². The Hall–Kier alpha value is -1.16. The molecule has 98 valence electrons. The third kappa shape index (κ3) is 4.78. The van der Waals surface area contributed by atoms with Gasteiger partial charge < -0.3 is 12.4 Å². The second-order valence-corrected chi connectivity index (χ2v) is 5.01. The van der Waals surface area contributed by atoms with Gasteiger partial charge in [-0.2, -0.15) is 4.57 Å². The Bertz CT molecular complexity index is 597. The van der Waals surface area contributed by atoms with E-state index < -0.39 is 0 Å². The van der Waals surface area contributed by atoms with E-state index >= 15 is 0 Å². The molecule has 0 saturated carbocycles. The summed E-state index contributed by atoms with van der Waals surface area (Å²) >= 11 is 9.18. The molecule has 0 saturated heterocycles. The van der Waals surface area contributed by atoms with E-state index in [9.17, 15) is 4.79 Å². The number of benzene rings is 1. The second-order valence-electron chi connectivity index (χ2n) is 3.66. The number of aromatic nitrogens is 1. The van der Waals surface area contributed by atoms with Crippen molar-refractivity contribution in [2.24, 2.45) is 0 Å². The number of hydrogen-bond acceptors (Lipinski definition) is 1. The van der Waals surface area contributed by atoms with Crippen molar-refractivity contribution in [1.29, 1.82) is 0 Å². The second kappa shape index (κ2) is 7.43. The summed E-state index contributed by atoms with van der Waals surface area (Å²) in [5.74, 6) is -0.0463. The Balaban J connectivity index is 0.00000180. The number of pyridine rings is 1. The van der Waals surface area contributed by atoms with Crippen LogP contribution in [0.15, 0.2) is 59.3 Å².